The number of H-pyrrole nitrogens is 1. The molecule has 3 rings (SSSR count). The Hall–Kier alpha value is -2.82. The third-order valence-electron chi connectivity index (χ3n) is 3.22. The van der Waals surface area contributed by atoms with E-state index in [2.05, 4.69) is 15.5 Å². The molecule has 0 radical (unpaired) electrons. The maximum Gasteiger partial charge on any atom is 0.255 e. The topological polar surface area (TPSA) is 70.9 Å². The normalized spacial score (nSPS) is 10.5. The molecule has 0 spiro atoms. The lowest BCUT2D eigenvalue weighted by molar-refractivity contribution is 0.0951. The molecule has 21 heavy (non-hydrogen) atoms. The van der Waals surface area contributed by atoms with Gasteiger partial charge in [-0.25, -0.2) is 0 Å². The molecule has 0 fully saturated rings. The van der Waals surface area contributed by atoms with Crippen LogP contribution in [0.2, 0.25) is 0 Å². The van der Waals surface area contributed by atoms with Crippen LogP contribution < -0.4 is 5.32 Å². The van der Waals surface area contributed by atoms with Crippen LogP contribution in [0.15, 0.2) is 53.1 Å². The third-order valence-corrected chi connectivity index (χ3v) is 3.22. The second-order valence-electron chi connectivity index (χ2n) is 4.72. The van der Waals surface area contributed by atoms with Crippen LogP contribution in [0.25, 0.3) is 11.5 Å². The zero-order valence-electron chi connectivity index (χ0n) is 11.6. The SMILES string of the molecule is Cc1[nH]nc(-c2ccco2)c1C(=O)NCc1ccccc1. The van der Waals surface area contributed by atoms with E-state index in [0.717, 1.165) is 5.56 Å². The summed E-state index contributed by atoms with van der Waals surface area (Å²) in [5.41, 5.74) is 2.81. The molecule has 0 atom stereocenters. The van der Waals surface area contributed by atoms with Gasteiger partial charge in [-0.05, 0) is 24.6 Å². The van der Waals surface area contributed by atoms with Gasteiger partial charge in [-0.2, -0.15) is 5.10 Å². The summed E-state index contributed by atoms with van der Waals surface area (Å²) in [4.78, 5) is 12.4. The number of nitrogens with one attached hydrogen (secondary N) is 2. The highest BCUT2D eigenvalue weighted by atomic mass is 16.3. The average molecular weight is 281 g/mol. The van der Waals surface area contributed by atoms with Crippen molar-refractivity contribution in [3.63, 3.8) is 0 Å². The molecule has 1 amide bonds. The molecule has 0 unspecified atom stereocenters. The molecule has 0 saturated carbocycles. The van der Waals surface area contributed by atoms with Crippen molar-refractivity contribution in [2.75, 3.05) is 0 Å². The van der Waals surface area contributed by atoms with Gasteiger partial charge in [0.05, 0.1) is 11.8 Å². The summed E-state index contributed by atoms with van der Waals surface area (Å²) < 4.78 is 5.32. The van der Waals surface area contributed by atoms with Gasteiger partial charge in [-0.1, -0.05) is 30.3 Å². The molecule has 2 heterocycles. The van der Waals surface area contributed by atoms with Crippen molar-refractivity contribution < 1.29 is 9.21 Å². The second kappa shape index (κ2) is 5.66. The fraction of sp³-hybridized carbons (Fsp3) is 0.125. The summed E-state index contributed by atoms with van der Waals surface area (Å²) in [6, 6.07) is 13.3. The number of hydrogen-bond acceptors (Lipinski definition) is 3. The average Bonchev–Trinajstić information content (AvgIpc) is 3.15. The Bertz CT molecular complexity index is 730. The van der Waals surface area contributed by atoms with Gasteiger partial charge < -0.3 is 9.73 Å². The predicted molar refractivity (Wildman–Crippen MR) is 78.6 cm³/mol. The van der Waals surface area contributed by atoms with E-state index in [0.29, 0.717) is 29.3 Å². The minimum Gasteiger partial charge on any atom is -0.463 e. The lowest BCUT2D eigenvalue weighted by Gasteiger charge is -2.06. The number of aromatic nitrogens is 2. The summed E-state index contributed by atoms with van der Waals surface area (Å²) in [5, 5.41) is 9.89. The number of benzene rings is 1. The van der Waals surface area contributed by atoms with Crippen molar-refractivity contribution >= 4 is 5.91 Å². The highest BCUT2D eigenvalue weighted by Gasteiger charge is 2.20. The Morgan fingerprint density at radius 2 is 2.05 bits per heavy atom. The molecule has 0 bridgehead atoms. The van der Waals surface area contributed by atoms with Crippen molar-refractivity contribution in [3.05, 3.63) is 65.5 Å². The highest BCUT2D eigenvalue weighted by molar-refractivity contribution is 6.00. The Balaban J connectivity index is 1.80. The minimum absolute atomic E-state index is 0.170. The van der Waals surface area contributed by atoms with Gasteiger partial charge in [0.1, 0.15) is 5.69 Å². The molecule has 0 aliphatic heterocycles. The van der Waals surface area contributed by atoms with Crippen LogP contribution in [-0.4, -0.2) is 16.1 Å². The van der Waals surface area contributed by atoms with Crippen LogP contribution in [0.3, 0.4) is 0 Å². The fourth-order valence-corrected chi connectivity index (χ4v) is 2.17. The molecule has 3 aromatic rings. The molecule has 2 aromatic heterocycles. The summed E-state index contributed by atoms with van der Waals surface area (Å²) >= 11 is 0. The van der Waals surface area contributed by atoms with E-state index in [-0.39, 0.29) is 5.91 Å². The number of aryl methyl sites for hydroxylation is 1. The number of hydrogen-bond donors (Lipinski definition) is 2. The number of nitrogens with zero attached hydrogens (tertiary/aromatic N) is 1. The van der Waals surface area contributed by atoms with Gasteiger partial charge in [-0.3, -0.25) is 9.89 Å². The van der Waals surface area contributed by atoms with Crippen LogP contribution in [0.5, 0.6) is 0 Å². The number of rotatable bonds is 4. The molecule has 0 aliphatic rings. The van der Waals surface area contributed by atoms with Gasteiger partial charge >= 0.3 is 0 Å². The highest BCUT2D eigenvalue weighted by Crippen LogP contribution is 2.23. The lowest BCUT2D eigenvalue weighted by Crippen LogP contribution is -2.23. The first-order chi connectivity index (χ1) is 10.3. The number of aromatic amines is 1. The molecule has 0 aliphatic carbocycles. The van der Waals surface area contributed by atoms with Crippen molar-refractivity contribution in [1.82, 2.24) is 15.5 Å². The molecule has 2 N–H and O–H groups in total. The predicted octanol–water partition coefficient (Wildman–Crippen LogP) is 2.91. The zero-order chi connectivity index (χ0) is 14.7. The summed E-state index contributed by atoms with van der Waals surface area (Å²) in [7, 11) is 0. The summed E-state index contributed by atoms with van der Waals surface area (Å²) in [6.45, 7) is 2.29. The second-order valence-corrected chi connectivity index (χ2v) is 4.72. The first kappa shape index (κ1) is 13.2. The fourth-order valence-electron chi connectivity index (χ4n) is 2.17. The van der Waals surface area contributed by atoms with E-state index < -0.39 is 0 Å². The maximum absolute atomic E-state index is 12.4. The van der Waals surface area contributed by atoms with Gasteiger partial charge in [0.15, 0.2) is 5.76 Å². The Morgan fingerprint density at radius 3 is 2.76 bits per heavy atom. The molecular weight excluding hydrogens is 266 g/mol. The molecule has 5 heteroatoms. The largest absolute Gasteiger partial charge is 0.463 e. The Morgan fingerprint density at radius 1 is 1.24 bits per heavy atom. The smallest absolute Gasteiger partial charge is 0.255 e. The van der Waals surface area contributed by atoms with Gasteiger partial charge in [-0.15, -0.1) is 0 Å². The van der Waals surface area contributed by atoms with Crippen molar-refractivity contribution in [2.24, 2.45) is 0 Å². The number of amides is 1. The first-order valence-electron chi connectivity index (χ1n) is 6.66. The number of carbonyl (C=O) groups is 1. The van der Waals surface area contributed by atoms with Gasteiger partial charge in [0.2, 0.25) is 0 Å². The number of furan rings is 1. The van der Waals surface area contributed by atoms with Crippen LogP contribution in [-0.2, 0) is 6.54 Å². The quantitative estimate of drug-likeness (QED) is 0.772. The van der Waals surface area contributed by atoms with E-state index >= 15 is 0 Å². The molecule has 106 valence electrons. The standard InChI is InChI=1S/C16H15N3O2/c1-11-14(15(19-18-11)13-8-5-9-21-13)16(20)17-10-12-6-3-2-4-7-12/h2-9H,10H2,1H3,(H,17,20)(H,18,19). The monoisotopic (exact) mass is 281 g/mol. The van der Waals surface area contributed by atoms with Gasteiger partial charge in [0.25, 0.3) is 5.91 Å². The number of carbonyl (C=O) groups excluding carboxylic acids is 1. The van der Waals surface area contributed by atoms with E-state index in [1.165, 1.54) is 0 Å². The Labute approximate surface area is 122 Å². The van der Waals surface area contributed by atoms with Gasteiger partial charge in [0, 0.05) is 12.2 Å². The van der Waals surface area contributed by atoms with E-state index in [9.17, 15) is 4.79 Å². The molecule has 0 saturated heterocycles. The van der Waals surface area contributed by atoms with Crippen LogP contribution in [0.4, 0.5) is 0 Å². The zero-order valence-corrected chi connectivity index (χ0v) is 11.6. The maximum atomic E-state index is 12.4. The van der Waals surface area contributed by atoms with Crippen LogP contribution >= 0.6 is 0 Å². The minimum atomic E-state index is -0.170. The molecule has 5 nitrogen and oxygen atoms in total. The first-order valence-corrected chi connectivity index (χ1v) is 6.66. The van der Waals surface area contributed by atoms with Crippen LogP contribution in [0.1, 0.15) is 21.6 Å². The lowest BCUT2D eigenvalue weighted by atomic mass is 10.1. The van der Waals surface area contributed by atoms with Crippen molar-refractivity contribution in [2.45, 2.75) is 13.5 Å². The summed E-state index contributed by atoms with van der Waals surface area (Å²) in [6.07, 6.45) is 1.56. The van der Waals surface area contributed by atoms with Crippen LogP contribution in [0, 0.1) is 6.92 Å². The van der Waals surface area contributed by atoms with E-state index in [4.69, 9.17) is 4.42 Å². The summed E-state index contributed by atoms with van der Waals surface area (Å²) in [5.74, 6) is 0.403. The van der Waals surface area contributed by atoms with E-state index in [1.54, 1.807) is 18.4 Å². The molecule has 1 aromatic carbocycles. The van der Waals surface area contributed by atoms with Crippen molar-refractivity contribution in [1.29, 1.82) is 0 Å². The third kappa shape index (κ3) is 2.72. The van der Waals surface area contributed by atoms with Crippen molar-refractivity contribution in [3.8, 4) is 11.5 Å². The van der Waals surface area contributed by atoms with E-state index in [1.807, 2.05) is 37.3 Å². The molecular formula is C16H15N3O2. The Kier molecular flexibility index (Phi) is 3.55.